The number of carbonyl (C=O) groups is 1. The Bertz CT molecular complexity index is 748. The molecule has 0 unspecified atom stereocenters. The van der Waals surface area contributed by atoms with Crippen LogP contribution in [0.1, 0.15) is 38.0 Å². The highest BCUT2D eigenvalue weighted by Crippen LogP contribution is 2.34. The Morgan fingerprint density at radius 1 is 1.33 bits per heavy atom. The van der Waals surface area contributed by atoms with Gasteiger partial charge in [-0.1, -0.05) is 29.6 Å². The Hall–Kier alpha value is -1.79. The second-order valence-electron chi connectivity index (χ2n) is 6.50. The van der Waals surface area contributed by atoms with Gasteiger partial charge in [0.1, 0.15) is 10.9 Å². The lowest BCUT2D eigenvalue weighted by molar-refractivity contribution is -0.131. The van der Waals surface area contributed by atoms with E-state index >= 15 is 0 Å². The van der Waals surface area contributed by atoms with Crippen molar-refractivity contribution in [3.8, 4) is 11.4 Å². The number of piperidine rings is 1. The van der Waals surface area contributed by atoms with Gasteiger partial charge in [0.05, 0.1) is 12.1 Å². The van der Waals surface area contributed by atoms with Crippen LogP contribution in [0.5, 0.6) is 0 Å². The Balaban J connectivity index is 1.51. The van der Waals surface area contributed by atoms with Gasteiger partial charge in [-0.25, -0.2) is 4.98 Å². The highest BCUT2D eigenvalue weighted by molar-refractivity contribution is 6.31. The third kappa shape index (κ3) is 2.96. The van der Waals surface area contributed by atoms with Crippen molar-refractivity contribution in [2.45, 2.75) is 44.7 Å². The average molecular weight is 347 g/mol. The van der Waals surface area contributed by atoms with Crippen molar-refractivity contribution in [1.82, 2.24) is 20.0 Å². The van der Waals surface area contributed by atoms with Crippen molar-refractivity contribution < 1.29 is 9.32 Å². The number of halogens is 1. The van der Waals surface area contributed by atoms with Crippen LogP contribution in [-0.4, -0.2) is 38.4 Å². The highest BCUT2D eigenvalue weighted by atomic mass is 35.5. The van der Waals surface area contributed by atoms with E-state index in [1.165, 1.54) is 6.42 Å². The fraction of sp³-hybridized carbons (Fsp3) is 0.529. The summed E-state index contributed by atoms with van der Waals surface area (Å²) in [7, 11) is 0. The number of hydrogen-bond donors (Lipinski definition) is 0. The lowest BCUT2D eigenvalue weighted by Gasteiger charge is -2.42. The first-order valence-electron chi connectivity index (χ1n) is 8.42. The minimum Gasteiger partial charge on any atom is -0.338 e. The SMILES string of the molecule is O=C1CCN(Cc2nc(-c3cccnc3Cl)no2)[C@H]2CCCC[C@@H]12. The zero-order valence-corrected chi connectivity index (χ0v) is 14.1. The fourth-order valence-electron chi connectivity index (χ4n) is 3.88. The molecule has 0 N–H and O–H groups in total. The lowest BCUT2D eigenvalue weighted by Crippen LogP contribution is -2.50. The number of nitrogens with zero attached hydrogens (tertiary/aromatic N) is 4. The lowest BCUT2D eigenvalue weighted by atomic mass is 9.77. The van der Waals surface area contributed by atoms with Crippen molar-refractivity contribution in [3.63, 3.8) is 0 Å². The molecular formula is C17H19ClN4O2. The first-order valence-corrected chi connectivity index (χ1v) is 8.80. The molecule has 2 aliphatic rings. The van der Waals surface area contributed by atoms with Gasteiger partial charge in [-0.05, 0) is 25.0 Å². The van der Waals surface area contributed by atoms with E-state index in [1.54, 1.807) is 12.3 Å². The molecule has 0 bridgehead atoms. The van der Waals surface area contributed by atoms with E-state index in [4.69, 9.17) is 16.1 Å². The maximum absolute atomic E-state index is 12.2. The maximum Gasteiger partial charge on any atom is 0.241 e. The fourth-order valence-corrected chi connectivity index (χ4v) is 4.08. The van der Waals surface area contributed by atoms with Crippen molar-refractivity contribution in [1.29, 1.82) is 0 Å². The van der Waals surface area contributed by atoms with E-state index in [1.807, 2.05) is 6.07 Å². The molecule has 2 fully saturated rings. The van der Waals surface area contributed by atoms with Gasteiger partial charge in [0, 0.05) is 31.1 Å². The van der Waals surface area contributed by atoms with E-state index in [-0.39, 0.29) is 5.92 Å². The van der Waals surface area contributed by atoms with Crippen LogP contribution in [-0.2, 0) is 11.3 Å². The standard InChI is InChI=1S/C17H19ClN4O2/c18-16-12(5-3-8-19-16)17-20-15(24-21-17)10-22-9-7-14(23)11-4-1-2-6-13(11)22/h3,5,8,11,13H,1-2,4,6-7,9-10H2/t11-,13+/m1/s1. The summed E-state index contributed by atoms with van der Waals surface area (Å²) in [6, 6.07) is 3.93. The van der Waals surface area contributed by atoms with Crippen LogP contribution in [0.3, 0.4) is 0 Å². The molecule has 7 heteroatoms. The summed E-state index contributed by atoms with van der Waals surface area (Å²) in [6.45, 7) is 1.35. The average Bonchev–Trinajstić information content (AvgIpc) is 3.06. The number of carbonyl (C=O) groups excluding carboxylic acids is 1. The summed E-state index contributed by atoms with van der Waals surface area (Å²) in [5.74, 6) is 1.62. The van der Waals surface area contributed by atoms with Crippen LogP contribution in [0, 0.1) is 5.92 Å². The molecular weight excluding hydrogens is 328 g/mol. The molecule has 126 valence electrons. The monoisotopic (exact) mass is 346 g/mol. The van der Waals surface area contributed by atoms with Gasteiger partial charge < -0.3 is 4.52 Å². The normalized spacial score (nSPS) is 24.8. The summed E-state index contributed by atoms with van der Waals surface area (Å²) < 4.78 is 5.41. The van der Waals surface area contributed by atoms with E-state index < -0.39 is 0 Å². The first-order chi connectivity index (χ1) is 11.7. The molecule has 1 saturated heterocycles. The van der Waals surface area contributed by atoms with Crippen LogP contribution in [0.2, 0.25) is 5.15 Å². The number of pyridine rings is 1. The van der Waals surface area contributed by atoms with Crippen LogP contribution >= 0.6 is 11.6 Å². The Labute approximate surface area is 145 Å². The Kier molecular flexibility index (Phi) is 4.33. The van der Waals surface area contributed by atoms with Crippen molar-refractivity contribution >= 4 is 17.4 Å². The number of ketones is 1. The summed E-state index contributed by atoms with van der Waals surface area (Å²) in [5.41, 5.74) is 0.665. The number of likely N-dealkylation sites (tertiary alicyclic amines) is 1. The van der Waals surface area contributed by atoms with Crippen molar-refractivity contribution in [3.05, 3.63) is 29.4 Å². The van der Waals surface area contributed by atoms with Gasteiger partial charge in [0.2, 0.25) is 11.7 Å². The molecule has 2 atom stereocenters. The molecule has 6 nitrogen and oxygen atoms in total. The van der Waals surface area contributed by atoms with E-state index in [9.17, 15) is 4.79 Å². The number of fused-ring (bicyclic) bond motifs is 1. The zero-order valence-electron chi connectivity index (χ0n) is 13.3. The molecule has 3 heterocycles. The highest BCUT2D eigenvalue weighted by Gasteiger charge is 2.38. The summed E-state index contributed by atoms with van der Waals surface area (Å²) in [4.78, 5) is 23.0. The maximum atomic E-state index is 12.2. The molecule has 1 saturated carbocycles. The van der Waals surface area contributed by atoms with Crippen molar-refractivity contribution in [2.75, 3.05) is 6.54 Å². The molecule has 0 spiro atoms. The molecule has 1 aliphatic carbocycles. The minimum atomic E-state index is 0.183. The quantitative estimate of drug-likeness (QED) is 0.795. The third-order valence-electron chi connectivity index (χ3n) is 5.06. The predicted molar refractivity (Wildman–Crippen MR) is 88.3 cm³/mol. The molecule has 0 radical (unpaired) electrons. The molecule has 0 amide bonds. The Morgan fingerprint density at radius 3 is 3.08 bits per heavy atom. The van der Waals surface area contributed by atoms with Crippen LogP contribution in [0.4, 0.5) is 0 Å². The molecule has 4 rings (SSSR count). The van der Waals surface area contributed by atoms with Gasteiger partial charge in [0.25, 0.3) is 0 Å². The summed E-state index contributed by atoms with van der Waals surface area (Å²) in [6.07, 6.45) is 6.68. The van der Waals surface area contributed by atoms with Gasteiger partial charge in [0.15, 0.2) is 0 Å². The summed E-state index contributed by atoms with van der Waals surface area (Å²) in [5, 5.41) is 4.39. The van der Waals surface area contributed by atoms with Crippen LogP contribution in [0.15, 0.2) is 22.9 Å². The molecule has 1 aliphatic heterocycles. The smallest absolute Gasteiger partial charge is 0.241 e. The second kappa shape index (κ2) is 6.61. The van der Waals surface area contributed by atoms with E-state index in [0.717, 1.165) is 25.8 Å². The topological polar surface area (TPSA) is 72.1 Å². The van der Waals surface area contributed by atoms with E-state index in [0.29, 0.717) is 47.2 Å². The van der Waals surface area contributed by atoms with Gasteiger partial charge in [-0.3, -0.25) is 9.69 Å². The van der Waals surface area contributed by atoms with E-state index in [2.05, 4.69) is 20.0 Å². The number of Topliss-reactive ketones (excluding diaryl/α,β-unsaturated/α-hetero) is 1. The van der Waals surface area contributed by atoms with Gasteiger partial charge in [-0.2, -0.15) is 4.98 Å². The minimum absolute atomic E-state index is 0.183. The first kappa shape index (κ1) is 15.7. The predicted octanol–water partition coefficient (Wildman–Crippen LogP) is 3.12. The number of aromatic nitrogens is 3. The van der Waals surface area contributed by atoms with Gasteiger partial charge in [-0.15, -0.1) is 0 Å². The number of rotatable bonds is 3. The third-order valence-corrected chi connectivity index (χ3v) is 5.37. The molecule has 2 aromatic rings. The van der Waals surface area contributed by atoms with Crippen LogP contribution in [0.25, 0.3) is 11.4 Å². The Morgan fingerprint density at radius 2 is 2.21 bits per heavy atom. The molecule has 2 aromatic heterocycles. The summed E-state index contributed by atoms with van der Waals surface area (Å²) >= 11 is 6.09. The van der Waals surface area contributed by atoms with Gasteiger partial charge >= 0.3 is 0 Å². The van der Waals surface area contributed by atoms with Crippen LogP contribution < -0.4 is 0 Å². The van der Waals surface area contributed by atoms with Crippen molar-refractivity contribution in [2.24, 2.45) is 5.92 Å². The second-order valence-corrected chi connectivity index (χ2v) is 6.86. The molecule has 24 heavy (non-hydrogen) atoms. The number of hydrogen-bond acceptors (Lipinski definition) is 6. The zero-order chi connectivity index (χ0) is 16.5. The molecule has 0 aromatic carbocycles. The largest absolute Gasteiger partial charge is 0.338 e.